The fourth-order valence-electron chi connectivity index (χ4n) is 2.70. The standard InChI is InChI=1S/C16H21BF2O2/c1-13(2)14(3,4)21-17(20-13)12-8-6-11(7-9-12)15(5)10-16(15,18)19/h6-9H,10H2,1-5H3. The Morgan fingerprint density at radius 3 is 1.71 bits per heavy atom. The second-order valence-corrected chi connectivity index (χ2v) is 7.42. The summed E-state index contributed by atoms with van der Waals surface area (Å²) >= 11 is 0. The third-order valence-corrected chi connectivity index (χ3v) is 5.33. The number of hydrogen-bond donors (Lipinski definition) is 0. The van der Waals surface area contributed by atoms with Crippen LogP contribution in [-0.2, 0) is 14.7 Å². The molecule has 1 saturated carbocycles. The van der Waals surface area contributed by atoms with Gasteiger partial charge < -0.3 is 9.31 Å². The SMILES string of the molecule is CC1(C)OB(c2ccc(C3(C)CC3(F)F)cc2)OC1(C)C. The number of rotatable bonds is 2. The lowest BCUT2D eigenvalue weighted by Crippen LogP contribution is -2.41. The van der Waals surface area contributed by atoms with Gasteiger partial charge in [0.05, 0.1) is 16.6 Å². The average molecular weight is 294 g/mol. The van der Waals surface area contributed by atoms with E-state index in [2.05, 4.69) is 0 Å². The lowest BCUT2D eigenvalue weighted by molar-refractivity contribution is 0.00578. The van der Waals surface area contributed by atoms with E-state index in [1.165, 1.54) is 0 Å². The van der Waals surface area contributed by atoms with Crippen LogP contribution >= 0.6 is 0 Å². The molecule has 114 valence electrons. The van der Waals surface area contributed by atoms with Gasteiger partial charge in [-0.2, -0.15) is 0 Å². The summed E-state index contributed by atoms with van der Waals surface area (Å²) in [5, 5.41) is 0. The second kappa shape index (κ2) is 4.08. The Kier molecular flexibility index (Phi) is 2.91. The van der Waals surface area contributed by atoms with E-state index in [1.807, 2.05) is 39.8 Å². The summed E-state index contributed by atoms with van der Waals surface area (Å²) in [6.07, 6.45) is -0.0736. The highest BCUT2D eigenvalue weighted by molar-refractivity contribution is 6.62. The van der Waals surface area contributed by atoms with Crippen molar-refractivity contribution in [2.24, 2.45) is 0 Å². The summed E-state index contributed by atoms with van der Waals surface area (Å²) in [5.74, 6) is -2.58. The van der Waals surface area contributed by atoms with E-state index in [9.17, 15) is 8.78 Å². The Labute approximate surface area is 125 Å². The van der Waals surface area contributed by atoms with E-state index in [-0.39, 0.29) is 6.42 Å². The van der Waals surface area contributed by atoms with Gasteiger partial charge in [0.1, 0.15) is 0 Å². The predicted octanol–water partition coefficient (Wildman–Crippen LogP) is 3.28. The summed E-state index contributed by atoms with van der Waals surface area (Å²) < 4.78 is 38.8. The van der Waals surface area contributed by atoms with Gasteiger partial charge >= 0.3 is 7.12 Å². The van der Waals surface area contributed by atoms with Crippen molar-refractivity contribution in [1.29, 1.82) is 0 Å². The Morgan fingerprint density at radius 2 is 1.33 bits per heavy atom. The van der Waals surface area contributed by atoms with Crippen molar-refractivity contribution in [2.75, 3.05) is 0 Å². The van der Waals surface area contributed by atoms with Gasteiger partial charge in [0.15, 0.2) is 0 Å². The molecule has 3 rings (SSSR count). The van der Waals surface area contributed by atoms with Crippen LogP contribution in [0.25, 0.3) is 0 Å². The molecule has 0 radical (unpaired) electrons. The van der Waals surface area contributed by atoms with Crippen LogP contribution in [0.1, 0.15) is 46.6 Å². The minimum absolute atomic E-state index is 0.0736. The maximum absolute atomic E-state index is 13.4. The number of benzene rings is 1. The van der Waals surface area contributed by atoms with Gasteiger partial charge in [-0.25, -0.2) is 8.78 Å². The molecule has 1 aromatic rings. The number of alkyl halides is 2. The first-order chi connectivity index (χ1) is 9.49. The molecule has 5 heteroatoms. The van der Waals surface area contributed by atoms with Crippen LogP contribution in [0, 0.1) is 0 Å². The topological polar surface area (TPSA) is 18.5 Å². The lowest BCUT2D eigenvalue weighted by Gasteiger charge is -2.32. The van der Waals surface area contributed by atoms with Gasteiger partial charge in [0, 0.05) is 6.42 Å². The third kappa shape index (κ3) is 2.13. The predicted molar refractivity (Wildman–Crippen MR) is 79.1 cm³/mol. The van der Waals surface area contributed by atoms with E-state index in [4.69, 9.17) is 9.31 Å². The maximum atomic E-state index is 13.4. The molecule has 2 nitrogen and oxygen atoms in total. The normalized spacial score (nSPS) is 32.2. The fourth-order valence-corrected chi connectivity index (χ4v) is 2.70. The molecular weight excluding hydrogens is 273 g/mol. The Morgan fingerprint density at radius 1 is 0.905 bits per heavy atom. The van der Waals surface area contributed by atoms with E-state index in [1.54, 1.807) is 19.1 Å². The molecule has 21 heavy (non-hydrogen) atoms. The molecule has 2 aliphatic rings. The highest BCUT2D eigenvalue weighted by Crippen LogP contribution is 2.61. The first-order valence-corrected chi connectivity index (χ1v) is 7.32. The minimum atomic E-state index is -2.58. The lowest BCUT2D eigenvalue weighted by atomic mass is 9.78. The van der Waals surface area contributed by atoms with Crippen molar-refractivity contribution in [2.45, 2.75) is 63.6 Å². The Balaban J connectivity index is 1.81. The van der Waals surface area contributed by atoms with Crippen LogP contribution < -0.4 is 5.46 Å². The zero-order valence-electron chi connectivity index (χ0n) is 13.2. The minimum Gasteiger partial charge on any atom is -0.399 e. The van der Waals surface area contributed by atoms with Crippen LogP contribution in [0.3, 0.4) is 0 Å². The highest BCUT2D eigenvalue weighted by atomic mass is 19.3. The summed E-state index contributed by atoms with van der Waals surface area (Å²) in [7, 11) is -0.448. The first-order valence-electron chi connectivity index (χ1n) is 7.32. The molecule has 0 amide bonds. The molecule has 2 fully saturated rings. The third-order valence-electron chi connectivity index (χ3n) is 5.33. The molecule has 1 heterocycles. The smallest absolute Gasteiger partial charge is 0.399 e. The van der Waals surface area contributed by atoms with Gasteiger partial charge in [-0.15, -0.1) is 0 Å². The Bertz CT molecular complexity index is 552. The van der Waals surface area contributed by atoms with E-state index >= 15 is 0 Å². The summed E-state index contributed by atoms with van der Waals surface area (Å²) in [6.45, 7) is 9.58. The van der Waals surface area contributed by atoms with Gasteiger partial charge in [-0.05, 0) is 45.6 Å². The van der Waals surface area contributed by atoms with Gasteiger partial charge in [-0.3, -0.25) is 0 Å². The van der Waals surface area contributed by atoms with Crippen molar-refractivity contribution < 1.29 is 18.1 Å². The van der Waals surface area contributed by atoms with Gasteiger partial charge in [0.25, 0.3) is 5.92 Å². The molecule has 0 bridgehead atoms. The molecule has 1 atom stereocenters. The average Bonchev–Trinajstić information content (AvgIpc) is 2.78. The number of halogens is 2. The van der Waals surface area contributed by atoms with Crippen molar-refractivity contribution in [3.8, 4) is 0 Å². The quantitative estimate of drug-likeness (QED) is 0.779. The zero-order valence-corrected chi connectivity index (χ0v) is 13.2. The summed E-state index contributed by atoms with van der Waals surface area (Å²) in [4.78, 5) is 0. The zero-order chi connectivity index (χ0) is 15.7. The highest BCUT2D eigenvalue weighted by Gasteiger charge is 2.68. The molecule has 1 saturated heterocycles. The number of hydrogen-bond acceptors (Lipinski definition) is 2. The van der Waals surface area contributed by atoms with Crippen molar-refractivity contribution >= 4 is 12.6 Å². The molecule has 0 aromatic heterocycles. The summed E-state index contributed by atoms with van der Waals surface area (Å²) in [6, 6.07) is 7.19. The van der Waals surface area contributed by atoms with Crippen LogP contribution in [-0.4, -0.2) is 24.2 Å². The summed E-state index contributed by atoms with van der Waals surface area (Å²) in [5.41, 5.74) is -0.267. The fraction of sp³-hybridized carbons (Fsp3) is 0.625. The molecular formula is C16H21BF2O2. The Hall–Kier alpha value is -0.935. The molecule has 1 aliphatic carbocycles. The molecule has 0 N–H and O–H groups in total. The first kappa shape index (κ1) is 15.0. The molecule has 0 spiro atoms. The van der Waals surface area contributed by atoms with Crippen LogP contribution in [0.15, 0.2) is 24.3 Å². The maximum Gasteiger partial charge on any atom is 0.494 e. The second-order valence-electron chi connectivity index (χ2n) is 7.42. The van der Waals surface area contributed by atoms with Crippen LogP contribution in [0.5, 0.6) is 0 Å². The van der Waals surface area contributed by atoms with E-state index < -0.39 is 29.7 Å². The van der Waals surface area contributed by atoms with Gasteiger partial charge in [0.2, 0.25) is 0 Å². The molecule has 1 aliphatic heterocycles. The van der Waals surface area contributed by atoms with Crippen molar-refractivity contribution in [3.05, 3.63) is 29.8 Å². The molecule has 1 unspecified atom stereocenters. The van der Waals surface area contributed by atoms with Crippen molar-refractivity contribution in [1.82, 2.24) is 0 Å². The van der Waals surface area contributed by atoms with E-state index in [0.717, 1.165) is 5.46 Å². The van der Waals surface area contributed by atoms with E-state index in [0.29, 0.717) is 5.56 Å². The van der Waals surface area contributed by atoms with Crippen LogP contribution in [0.4, 0.5) is 8.78 Å². The monoisotopic (exact) mass is 294 g/mol. The van der Waals surface area contributed by atoms with Gasteiger partial charge in [-0.1, -0.05) is 24.3 Å². The van der Waals surface area contributed by atoms with Crippen LogP contribution in [0.2, 0.25) is 0 Å². The largest absolute Gasteiger partial charge is 0.494 e. The molecule has 1 aromatic carbocycles. The van der Waals surface area contributed by atoms with Crippen molar-refractivity contribution in [3.63, 3.8) is 0 Å².